The highest BCUT2D eigenvalue weighted by atomic mass is 79.9. The molecule has 0 saturated heterocycles. The standard InChI is InChI=1S/C11H13BrO4S2/c1-18(15,16)6-2-5-17-8-3-4-10(12)9(7-8)11(13)14/h3-4,7H,2,5-6H2,1H3,(H,13,14). The molecule has 1 aromatic carbocycles. The highest BCUT2D eigenvalue weighted by Gasteiger charge is 2.09. The van der Waals surface area contributed by atoms with E-state index in [1.165, 1.54) is 18.0 Å². The molecule has 100 valence electrons. The van der Waals surface area contributed by atoms with Crippen molar-refractivity contribution < 1.29 is 18.3 Å². The molecule has 0 unspecified atom stereocenters. The summed E-state index contributed by atoms with van der Waals surface area (Å²) >= 11 is 4.62. The quantitative estimate of drug-likeness (QED) is 0.629. The zero-order valence-corrected chi connectivity index (χ0v) is 12.9. The molecule has 0 fully saturated rings. The molecule has 0 aromatic heterocycles. The molecule has 7 heteroatoms. The van der Waals surface area contributed by atoms with Crippen molar-refractivity contribution in [3.63, 3.8) is 0 Å². The molecule has 1 rings (SSSR count). The molecule has 0 aliphatic rings. The highest BCUT2D eigenvalue weighted by Crippen LogP contribution is 2.25. The first-order chi connectivity index (χ1) is 8.29. The Balaban J connectivity index is 2.58. The van der Waals surface area contributed by atoms with Crippen LogP contribution in [-0.2, 0) is 9.84 Å². The number of hydrogen-bond acceptors (Lipinski definition) is 4. The van der Waals surface area contributed by atoms with Gasteiger partial charge in [0.2, 0.25) is 0 Å². The van der Waals surface area contributed by atoms with Crippen LogP contribution >= 0.6 is 27.7 Å². The number of carboxylic acid groups (broad SMARTS) is 1. The van der Waals surface area contributed by atoms with Gasteiger partial charge >= 0.3 is 5.97 Å². The van der Waals surface area contributed by atoms with Crippen molar-refractivity contribution in [2.24, 2.45) is 0 Å². The Bertz CT molecular complexity index is 540. The molecular formula is C11H13BrO4S2. The number of sulfone groups is 1. The summed E-state index contributed by atoms with van der Waals surface area (Å²) in [6, 6.07) is 5.07. The molecule has 0 atom stereocenters. The minimum atomic E-state index is -2.92. The number of benzene rings is 1. The van der Waals surface area contributed by atoms with Crippen molar-refractivity contribution in [1.82, 2.24) is 0 Å². The Labute approximate surface area is 119 Å². The first-order valence-electron chi connectivity index (χ1n) is 5.13. The van der Waals surface area contributed by atoms with Gasteiger partial charge in [-0.1, -0.05) is 0 Å². The van der Waals surface area contributed by atoms with Crippen LogP contribution in [0.3, 0.4) is 0 Å². The van der Waals surface area contributed by atoms with E-state index in [1.54, 1.807) is 12.1 Å². The summed E-state index contributed by atoms with van der Waals surface area (Å²) in [4.78, 5) is 11.7. The van der Waals surface area contributed by atoms with Gasteiger partial charge in [0.1, 0.15) is 9.84 Å². The predicted molar refractivity (Wildman–Crippen MR) is 76.2 cm³/mol. The molecular weight excluding hydrogens is 340 g/mol. The summed E-state index contributed by atoms with van der Waals surface area (Å²) in [5, 5.41) is 8.95. The second-order valence-corrected chi connectivity index (χ2v) is 8.06. The fourth-order valence-corrected chi connectivity index (χ4v) is 3.43. The van der Waals surface area contributed by atoms with Gasteiger partial charge in [0.05, 0.1) is 11.3 Å². The fraction of sp³-hybridized carbons (Fsp3) is 0.364. The Morgan fingerprint density at radius 2 is 2.11 bits per heavy atom. The lowest BCUT2D eigenvalue weighted by molar-refractivity contribution is 0.0695. The topological polar surface area (TPSA) is 71.4 Å². The minimum absolute atomic E-state index is 0.155. The number of halogens is 1. The van der Waals surface area contributed by atoms with Gasteiger partial charge in [-0.3, -0.25) is 0 Å². The van der Waals surface area contributed by atoms with Gasteiger partial charge in [0, 0.05) is 15.6 Å². The average Bonchev–Trinajstić information content (AvgIpc) is 2.24. The van der Waals surface area contributed by atoms with E-state index in [0.717, 1.165) is 4.90 Å². The van der Waals surface area contributed by atoms with Crippen molar-refractivity contribution >= 4 is 43.5 Å². The van der Waals surface area contributed by atoms with Crippen LogP contribution in [0, 0.1) is 0 Å². The van der Waals surface area contributed by atoms with Crippen LogP contribution in [0.4, 0.5) is 0 Å². The molecule has 0 amide bonds. The van der Waals surface area contributed by atoms with Crippen molar-refractivity contribution in [3.8, 4) is 0 Å². The SMILES string of the molecule is CS(=O)(=O)CCCSc1ccc(Br)c(C(=O)O)c1. The third kappa shape index (κ3) is 5.41. The molecule has 0 heterocycles. The van der Waals surface area contributed by atoms with Gasteiger partial charge in [-0.15, -0.1) is 11.8 Å². The molecule has 0 saturated carbocycles. The summed E-state index contributed by atoms with van der Waals surface area (Å²) in [7, 11) is -2.92. The van der Waals surface area contributed by atoms with Crippen LogP contribution in [0.15, 0.2) is 27.6 Å². The summed E-state index contributed by atoms with van der Waals surface area (Å²) in [6.45, 7) is 0. The average molecular weight is 353 g/mol. The van der Waals surface area contributed by atoms with E-state index in [2.05, 4.69) is 15.9 Å². The van der Waals surface area contributed by atoms with Crippen molar-refractivity contribution in [2.75, 3.05) is 17.8 Å². The number of carboxylic acids is 1. The van der Waals surface area contributed by atoms with E-state index in [1.807, 2.05) is 6.07 Å². The van der Waals surface area contributed by atoms with E-state index in [4.69, 9.17) is 5.11 Å². The largest absolute Gasteiger partial charge is 0.478 e. The van der Waals surface area contributed by atoms with Crippen LogP contribution in [0.1, 0.15) is 16.8 Å². The zero-order valence-electron chi connectivity index (χ0n) is 9.72. The van der Waals surface area contributed by atoms with Crippen LogP contribution < -0.4 is 0 Å². The lowest BCUT2D eigenvalue weighted by Crippen LogP contribution is -2.03. The maximum Gasteiger partial charge on any atom is 0.336 e. The molecule has 0 aliphatic carbocycles. The monoisotopic (exact) mass is 352 g/mol. The van der Waals surface area contributed by atoms with Gasteiger partial charge < -0.3 is 5.11 Å². The minimum Gasteiger partial charge on any atom is -0.478 e. The Hall–Kier alpha value is -0.530. The van der Waals surface area contributed by atoms with Crippen LogP contribution in [0.2, 0.25) is 0 Å². The van der Waals surface area contributed by atoms with E-state index in [-0.39, 0.29) is 11.3 Å². The fourth-order valence-electron chi connectivity index (χ4n) is 1.27. The second kappa shape index (κ2) is 6.58. The van der Waals surface area contributed by atoms with Crippen LogP contribution in [-0.4, -0.2) is 37.3 Å². The van der Waals surface area contributed by atoms with E-state index >= 15 is 0 Å². The van der Waals surface area contributed by atoms with Gasteiger partial charge in [-0.05, 0) is 46.3 Å². The molecule has 4 nitrogen and oxygen atoms in total. The molecule has 0 aliphatic heterocycles. The third-order valence-electron chi connectivity index (χ3n) is 2.10. The lowest BCUT2D eigenvalue weighted by Gasteiger charge is -2.04. The summed E-state index contributed by atoms with van der Waals surface area (Å²) in [5.41, 5.74) is 0.211. The zero-order chi connectivity index (χ0) is 13.8. The van der Waals surface area contributed by atoms with Crippen molar-refractivity contribution in [3.05, 3.63) is 28.2 Å². The number of thioether (sulfide) groups is 1. The number of rotatable bonds is 6. The van der Waals surface area contributed by atoms with Crippen molar-refractivity contribution in [2.45, 2.75) is 11.3 Å². The highest BCUT2D eigenvalue weighted by molar-refractivity contribution is 9.10. The smallest absolute Gasteiger partial charge is 0.336 e. The Morgan fingerprint density at radius 3 is 2.67 bits per heavy atom. The molecule has 0 radical (unpaired) electrons. The van der Waals surface area contributed by atoms with Crippen molar-refractivity contribution in [1.29, 1.82) is 0 Å². The lowest BCUT2D eigenvalue weighted by atomic mass is 10.2. The number of hydrogen-bond donors (Lipinski definition) is 1. The second-order valence-electron chi connectivity index (χ2n) is 3.78. The molecule has 1 aromatic rings. The number of carbonyl (C=O) groups is 1. The van der Waals surface area contributed by atoms with Gasteiger partial charge in [-0.2, -0.15) is 0 Å². The third-order valence-corrected chi connectivity index (χ3v) is 4.90. The summed E-state index contributed by atoms with van der Waals surface area (Å²) in [6.07, 6.45) is 1.77. The molecule has 1 N–H and O–H groups in total. The van der Waals surface area contributed by atoms with Crippen LogP contribution in [0.25, 0.3) is 0 Å². The Morgan fingerprint density at radius 1 is 1.44 bits per heavy atom. The molecule has 18 heavy (non-hydrogen) atoms. The van der Waals surface area contributed by atoms with E-state index in [9.17, 15) is 13.2 Å². The molecule has 0 spiro atoms. The first kappa shape index (κ1) is 15.5. The molecule has 0 bridgehead atoms. The predicted octanol–water partition coefficient (Wildman–Crippen LogP) is 2.67. The van der Waals surface area contributed by atoms with E-state index < -0.39 is 15.8 Å². The number of aromatic carboxylic acids is 1. The summed E-state index contributed by atoms with van der Waals surface area (Å²) < 4.78 is 22.4. The van der Waals surface area contributed by atoms with Gasteiger partial charge in [0.15, 0.2) is 0 Å². The van der Waals surface area contributed by atoms with E-state index in [0.29, 0.717) is 16.6 Å². The van der Waals surface area contributed by atoms with Crippen LogP contribution in [0.5, 0.6) is 0 Å². The van der Waals surface area contributed by atoms with Gasteiger partial charge in [0.25, 0.3) is 0 Å². The Kier molecular flexibility index (Phi) is 5.68. The van der Waals surface area contributed by atoms with Gasteiger partial charge in [-0.25, -0.2) is 13.2 Å². The summed E-state index contributed by atoms with van der Waals surface area (Å²) in [5.74, 6) is -0.184. The normalized spacial score (nSPS) is 11.4. The maximum atomic E-state index is 10.9. The first-order valence-corrected chi connectivity index (χ1v) is 8.97. The maximum absolute atomic E-state index is 10.9.